The van der Waals surface area contributed by atoms with Crippen LogP contribution in [0.5, 0.6) is 0 Å². The first-order valence-corrected chi connectivity index (χ1v) is 8.68. The van der Waals surface area contributed by atoms with Crippen molar-refractivity contribution in [2.75, 3.05) is 32.8 Å². The Kier molecular flexibility index (Phi) is 5.02. The number of ether oxygens (including phenoxy) is 1. The van der Waals surface area contributed by atoms with Gasteiger partial charge in [-0.25, -0.2) is 0 Å². The lowest BCUT2D eigenvalue weighted by Gasteiger charge is -2.40. The van der Waals surface area contributed by atoms with E-state index in [1.807, 2.05) is 24.3 Å². The van der Waals surface area contributed by atoms with Gasteiger partial charge in [0.1, 0.15) is 5.60 Å². The Hall–Kier alpha value is -1.40. The molecule has 128 valence electrons. The maximum absolute atomic E-state index is 12.6. The highest BCUT2D eigenvalue weighted by molar-refractivity contribution is 5.76. The van der Waals surface area contributed by atoms with Crippen LogP contribution in [0.15, 0.2) is 12.4 Å². The molecule has 6 nitrogen and oxygen atoms in total. The maximum atomic E-state index is 12.6. The van der Waals surface area contributed by atoms with Crippen molar-refractivity contribution in [3.8, 4) is 0 Å². The third kappa shape index (κ3) is 3.93. The number of carbonyl (C=O) groups is 1. The second kappa shape index (κ2) is 7.01. The van der Waals surface area contributed by atoms with Gasteiger partial charge in [-0.3, -0.25) is 9.48 Å². The summed E-state index contributed by atoms with van der Waals surface area (Å²) in [6.07, 6.45) is 7.88. The summed E-state index contributed by atoms with van der Waals surface area (Å²) in [5, 5.41) is 7.61. The molecule has 2 saturated heterocycles. The summed E-state index contributed by atoms with van der Waals surface area (Å²) in [5.74, 6) is 0.966. The van der Waals surface area contributed by atoms with Gasteiger partial charge in [-0.15, -0.1) is 0 Å². The SMILES string of the molecule is Cn1cc(C2(C)CN(C(=O)CCC3CCNCC3)CCO2)cn1. The van der Waals surface area contributed by atoms with Crippen LogP contribution >= 0.6 is 0 Å². The van der Waals surface area contributed by atoms with Gasteiger partial charge < -0.3 is 15.0 Å². The number of aryl methyl sites for hydroxylation is 1. The summed E-state index contributed by atoms with van der Waals surface area (Å²) in [6.45, 7) is 6.14. The van der Waals surface area contributed by atoms with Crippen molar-refractivity contribution >= 4 is 5.91 Å². The Bertz CT molecular complexity index is 538. The molecule has 1 aromatic heterocycles. The minimum Gasteiger partial charge on any atom is -0.367 e. The predicted octanol–water partition coefficient (Wildman–Crippen LogP) is 1.27. The molecule has 1 aromatic rings. The van der Waals surface area contributed by atoms with Crippen LogP contribution in [-0.2, 0) is 22.2 Å². The number of nitrogens with one attached hydrogen (secondary N) is 1. The van der Waals surface area contributed by atoms with Crippen molar-refractivity contribution in [3.05, 3.63) is 18.0 Å². The highest BCUT2D eigenvalue weighted by atomic mass is 16.5. The van der Waals surface area contributed by atoms with Crippen molar-refractivity contribution in [3.63, 3.8) is 0 Å². The smallest absolute Gasteiger partial charge is 0.222 e. The Morgan fingerprint density at radius 2 is 2.26 bits per heavy atom. The van der Waals surface area contributed by atoms with Crippen LogP contribution in [0.25, 0.3) is 0 Å². The molecule has 0 spiro atoms. The minimum atomic E-state index is -0.447. The number of aromatic nitrogens is 2. The van der Waals surface area contributed by atoms with E-state index in [2.05, 4.69) is 17.3 Å². The quantitative estimate of drug-likeness (QED) is 0.908. The number of morpholine rings is 1. The molecular weight excluding hydrogens is 292 g/mol. The molecule has 0 saturated carbocycles. The molecule has 6 heteroatoms. The first-order chi connectivity index (χ1) is 11.1. The average molecular weight is 320 g/mol. The molecule has 23 heavy (non-hydrogen) atoms. The zero-order valence-electron chi connectivity index (χ0n) is 14.3. The molecule has 2 aliphatic rings. The van der Waals surface area contributed by atoms with E-state index in [0.717, 1.165) is 25.1 Å². The number of hydrogen-bond acceptors (Lipinski definition) is 4. The first-order valence-electron chi connectivity index (χ1n) is 8.68. The molecule has 1 N–H and O–H groups in total. The molecule has 2 fully saturated rings. The van der Waals surface area contributed by atoms with E-state index in [-0.39, 0.29) is 5.91 Å². The standard InChI is InChI=1S/C17H28N4O2/c1-17(15-11-19-20(2)12-15)13-21(9-10-23-17)16(22)4-3-14-5-7-18-8-6-14/h11-12,14,18H,3-10,13H2,1-2H3. The molecule has 0 radical (unpaired) electrons. The normalized spacial score (nSPS) is 26.4. The fraction of sp³-hybridized carbons (Fsp3) is 0.765. The van der Waals surface area contributed by atoms with Gasteiger partial charge in [0, 0.05) is 31.8 Å². The van der Waals surface area contributed by atoms with E-state index in [9.17, 15) is 4.79 Å². The largest absolute Gasteiger partial charge is 0.367 e. The summed E-state index contributed by atoms with van der Waals surface area (Å²) in [5.41, 5.74) is 0.590. The second-order valence-corrected chi connectivity index (χ2v) is 7.03. The van der Waals surface area contributed by atoms with Crippen LogP contribution in [0.4, 0.5) is 0 Å². The third-order valence-electron chi connectivity index (χ3n) is 5.17. The molecule has 1 atom stereocenters. The minimum absolute atomic E-state index is 0.266. The van der Waals surface area contributed by atoms with Crippen molar-refractivity contribution in [2.45, 2.75) is 38.2 Å². The Labute approximate surface area is 138 Å². The van der Waals surface area contributed by atoms with Gasteiger partial charge >= 0.3 is 0 Å². The van der Waals surface area contributed by atoms with Gasteiger partial charge in [0.15, 0.2) is 0 Å². The number of amides is 1. The van der Waals surface area contributed by atoms with Crippen molar-refractivity contribution in [1.82, 2.24) is 20.0 Å². The van der Waals surface area contributed by atoms with Gasteiger partial charge in [0.05, 0.1) is 19.3 Å². The summed E-state index contributed by atoms with van der Waals surface area (Å²) < 4.78 is 7.76. The molecule has 2 aliphatic heterocycles. The first kappa shape index (κ1) is 16.5. The van der Waals surface area contributed by atoms with E-state index in [4.69, 9.17) is 4.74 Å². The van der Waals surface area contributed by atoms with Crippen LogP contribution in [0.2, 0.25) is 0 Å². The van der Waals surface area contributed by atoms with E-state index >= 15 is 0 Å². The van der Waals surface area contributed by atoms with Crippen molar-refractivity contribution in [1.29, 1.82) is 0 Å². The second-order valence-electron chi connectivity index (χ2n) is 7.03. The number of carbonyl (C=O) groups excluding carboxylic acids is 1. The topological polar surface area (TPSA) is 59.4 Å². The zero-order chi connectivity index (χ0) is 16.3. The highest BCUT2D eigenvalue weighted by Gasteiger charge is 2.36. The van der Waals surface area contributed by atoms with Gasteiger partial charge in [-0.2, -0.15) is 5.10 Å². The molecule has 0 bridgehead atoms. The number of piperidine rings is 1. The lowest BCUT2D eigenvalue weighted by molar-refractivity contribution is -0.150. The fourth-order valence-electron chi connectivity index (χ4n) is 3.61. The van der Waals surface area contributed by atoms with E-state index < -0.39 is 5.60 Å². The van der Waals surface area contributed by atoms with E-state index in [1.54, 1.807) is 4.68 Å². The Morgan fingerprint density at radius 1 is 1.48 bits per heavy atom. The Balaban J connectivity index is 1.56. The van der Waals surface area contributed by atoms with Gasteiger partial charge in [0.2, 0.25) is 5.91 Å². The molecule has 1 unspecified atom stereocenters. The van der Waals surface area contributed by atoms with Crippen LogP contribution in [0.3, 0.4) is 0 Å². The van der Waals surface area contributed by atoms with E-state index in [1.165, 1.54) is 12.8 Å². The number of hydrogen-bond donors (Lipinski definition) is 1. The molecule has 0 aliphatic carbocycles. The summed E-state index contributed by atoms with van der Waals surface area (Å²) in [4.78, 5) is 14.6. The van der Waals surface area contributed by atoms with Gasteiger partial charge in [-0.05, 0) is 45.2 Å². The molecule has 1 amide bonds. The number of nitrogens with zero attached hydrogens (tertiary/aromatic N) is 3. The van der Waals surface area contributed by atoms with Crippen molar-refractivity contribution < 1.29 is 9.53 Å². The maximum Gasteiger partial charge on any atom is 0.222 e. The lowest BCUT2D eigenvalue weighted by Crippen LogP contribution is -2.50. The van der Waals surface area contributed by atoms with E-state index in [0.29, 0.717) is 32.0 Å². The third-order valence-corrected chi connectivity index (χ3v) is 5.17. The lowest BCUT2D eigenvalue weighted by atomic mass is 9.92. The van der Waals surface area contributed by atoms with Crippen molar-refractivity contribution in [2.24, 2.45) is 13.0 Å². The highest BCUT2D eigenvalue weighted by Crippen LogP contribution is 2.29. The van der Waals surface area contributed by atoms with Crippen LogP contribution in [0.1, 0.15) is 38.2 Å². The number of rotatable bonds is 4. The predicted molar refractivity (Wildman–Crippen MR) is 87.9 cm³/mol. The summed E-state index contributed by atoms with van der Waals surface area (Å²) in [7, 11) is 1.90. The molecule has 0 aromatic carbocycles. The Morgan fingerprint density at radius 3 is 2.96 bits per heavy atom. The molecular formula is C17H28N4O2. The van der Waals surface area contributed by atoms with Crippen LogP contribution in [0, 0.1) is 5.92 Å². The summed E-state index contributed by atoms with van der Waals surface area (Å²) >= 11 is 0. The average Bonchev–Trinajstić information content (AvgIpc) is 3.01. The zero-order valence-corrected chi connectivity index (χ0v) is 14.3. The fourth-order valence-corrected chi connectivity index (χ4v) is 3.61. The molecule has 3 rings (SSSR count). The molecule has 3 heterocycles. The van der Waals surface area contributed by atoms with Crippen LogP contribution in [-0.4, -0.2) is 53.4 Å². The monoisotopic (exact) mass is 320 g/mol. The van der Waals surface area contributed by atoms with Crippen LogP contribution < -0.4 is 5.32 Å². The van der Waals surface area contributed by atoms with Gasteiger partial charge in [-0.1, -0.05) is 0 Å². The summed E-state index contributed by atoms with van der Waals surface area (Å²) in [6, 6.07) is 0. The van der Waals surface area contributed by atoms with Gasteiger partial charge in [0.25, 0.3) is 0 Å².